The van der Waals surface area contributed by atoms with Crippen molar-refractivity contribution in [1.82, 2.24) is 0 Å². The van der Waals surface area contributed by atoms with Gasteiger partial charge in [0.05, 0.1) is 38.9 Å². The van der Waals surface area contributed by atoms with E-state index in [-0.39, 0.29) is 18.6 Å². The molecule has 0 N–H and O–H groups in total. The zero-order valence-electron chi connectivity index (χ0n) is 16.1. The van der Waals surface area contributed by atoms with Crippen molar-refractivity contribution in [3.8, 4) is 5.75 Å². The van der Waals surface area contributed by atoms with Crippen LogP contribution in [0.3, 0.4) is 0 Å². The minimum atomic E-state index is -0.512. The first kappa shape index (κ1) is 19.9. The van der Waals surface area contributed by atoms with Gasteiger partial charge in [0.2, 0.25) is 0 Å². The molecule has 0 radical (unpaired) electrons. The molecule has 0 aromatic heterocycles. The van der Waals surface area contributed by atoms with Gasteiger partial charge in [-0.15, -0.1) is 0 Å². The monoisotopic (exact) mass is 384 g/mol. The minimum Gasteiger partial charge on any atom is -0.490 e. The predicted octanol–water partition coefficient (Wildman–Crippen LogP) is 3.32. The lowest BCUT2D eigenvalue weighted by Gasteiger charge is -2.35. The van der Waals surface area contributed by atoms with Gasteiger partial charge in [0.15, 0.2) is 0 Å². The van der Waals surface area contributed by atoms with Crippen LogP contribution >= 0.6 is 0 Å². The van der Waals surface area contributed by atoms with Crippen molar-refractivity contribution in [2.45, 2.75) is 38.1 Å². The summed E-state index contributed by atoms with van der Waals surface area (Å²) in [5.41, 5.74) is 2.00. The van der Waals surface area contributed by atoms with Crippen molar-refractivity contribution in [1.29, 1.82) is 0 Å². The summed E-state index contributed by atoms with van der Waals surface area (Å²) in [5, 5.41) is 0. The van der Waals surface area contributed by atoms with Gasteiger partial charge in [-0.25, -0.2) is 4.79 Å². The molecule has 6 nitrogen and oxygen atoms in total. The van der Waals surface area contributed by atoms with Gasteiger partial charge in [0, 0.05) is 12.8 Å². The van der Waals surface area contributed by atoms with Crippen molar-refractivity contribution in [2.24, 2.45) is 0 Å². The minimum absolute atomic E-state index is 0.0000416. The zero-order valence-corrected chi connectivity index (χ0v) is 16.1. The molecular weight excluding hydrogens is 360 g/mol. The first-order chi connectivity index (χ1) is 13.6. The standard InChI is InChI=1S/C22H24O6/c1-25-21(23)10-16-8-9-17(13-20(16)22(24)26-2)28-19-11-18(12-19)27-14-15-6-4-3-5-7-15/h3-9,13,18-19H,10-12,14H2,1-2H3. The number of rotatable bonds is 8. The second-order valence-corrected chi connectivity index (χ2v) is 6.69. The zero-order chi connectivity index (χ0) is 19.9. The molecule has 0 spiro atoms. The van der Waals surface area contributed by atoms with Gasteiger partial charge in [0.1, 0.15) is 11.9 Å². The number of benzene rings is 2. The van der Waals surface area contributed by atoms with E-state index < -0.39 is 11.9 Å². The number of carbonyl (C=O) groups excluding carboxylic acids is 2. The van der Waals surface area contributed by atoms with Gasteiger partial charge in [-0.05, 0) is 23.3 Å². The third kappa shape index (κ3) is 5.10. The Morgan fingerprint density at radius 1 is 0.964 bits per heavy atom. The molecule has 1 aliphatic rings. The molecule has 0 heterocycles. The Labute approximate surface area is 164 Å². The van der Waals surface area contributed by atoms with Crippen LogP contribution in [0.1, 0.15) is 34.3 Å². The van der Waals surface area contributed by atoms with Crippen molar-refractivity contribution in [3.05, 3.63) is 65.2 Å². The van der Waals surface area contributed by atoms with Crippen LogP contribution in [0.2, 0.25) is 0 Å². The highest BCUT2D eigenvalue weighted by atomic mass is 16.5. The van der Waals surface area contributed by atoms with Crippen LogP contribution in [0.4, 0.5) is 0 Å². The maximum atomic E-state index is 12.0. The summed E-state index contributed by atoms with van der Waals surface area (Å²) in [7, 11) is 2.61. The third-order valence-electron chi connectivity index (χ3n) is 4.73. The van der Waals surface area contributed by atoms with Gasteiger partial charge < -0.3 is 18.9 Å². The summed E-state index contributed by atoms with van der Waals surface area (Å²) in [6.45, 7) is 0.590. The number of hydrogen-bond donors (Lipinski definition) is 0. The summed E-state index contributed by atoms with van der Waals surface area (Å²) in [6, 6.07) is 15.1. The lowest BCUT2D eigenvalue weighted by molar-refractivity contribution is -0.139. The molecule has 6 heteroatoms. The number of hydrogen-bond acceptors (Lipinski definition) is 6. The van der Waals surface area contributed by atoms with Gasteiger partial charge in [-0.3, -0.25) is 4.79 Å². The molecule has 1 saturated carbocycles. The number of methoxy groups -OCH3 is 2. The maximum absolute atomic E-state index is 12.0. The fourth-order valence-corrected chi connectivity index (χ4v) is 3.04. The third-order valence-corrected chi connectivity index (χ3v) is 4.73. The van der Waals surface area contributed by atoms with E-state index in [9.17, 15) is 9.59 Å². The van der Waals surface area contributed by atoms with Crippen molar-refractivity contribution in [3.63, 3.8) is 0 Å². The Bertz CT molecular complexity index is 811. The van der Waals surface area contributed by atoms with E-state index in [1.165, 1.54) is 14.2 Å². The Hall–Kier alpha value is -2.86. The van der Waals surface area contributed by atoms with Crippen LogP contribution < -0.4 is 4.74 Å². The Balaban J connectivity index is 1.54. The Morgan fingerprint density at radius 3 is 2.39 bits per heavy atom. The molecule has 1 fully saturated rings. The van der Waals surface area contributed by atoms with E-state index in [0.29, 0.717) is 23.5 Å². The molecule has 1 aliphatic carbocycles. The van der Waals surface area contributed by atoms with Crippen LogP contribution in [0.25, 0.3) is 0 Å². The average molecular weight is 384 g/mol. The molecule has 148 valence electrons. The highest BCUT2D eigenvalue weighted by molar-refractivity contribution is 5.93. The van der Waals surface area contributed by atoms with Gasteiger partial charge in [-0.2, -0.15) is 0 Å². The van der Waals surface area contributed by atoms with Gasteiger partial charge in [-0.1, -0.05) is 36.4 Å². The molecule has 0 unspecified atom stereocenters. The van der Waals surface area contributed by atoms with E-state index in [0.717, 1.165) is 18.4 Å². The Kier molecular flexibility index (Phi) is 6.66. The fourth-order valence-electron chi connectivity index (χ4n) is 3.04. The summed E-state index contributed by atoms with van der Waals surface area (Å²) in [5.74, 6) is -0.362. The van der Waals surface area contributed by atoms with Gasteiger partial charge >= 0.3 is 11.9 Å². The first-order valence-corrected chi connectivity index (χ1v) is 9.19. The molecule has 28 heavy (non-hydrogen) atoms. The van der Waals surface area contributed by atoms with Crippen LogP contribution in [0.5, 0.6) is 5.75 Å². The summed E-state index contributed by atoms with van der Waals surface area (Å²) >= 11 is 0. The van der Waals surface area contributed by atoms with Crippen LogP contribution in [0, 0.1) is 0 Å². The van der Waals surface area contributed by atoms with Gasteiger partial charge in [0.25, 0.3) is 0 Å². The van der Waals surface area contributed by atoms with E-state index >= 15 is 0 Å². The molecule has 0 amide bonds. The highest BCUT2D eigenvalue weighted by Gasteiger charge is 2.32. The highest BCUT2D eigenvalue weighted by Crippen LogP contribution is 2.30. The largest absolute Gasteiger partial charge is 0.490 e. The van der Waals surface area contributed by atoms with Crippen molar-refractivity contribution < 1.29 is 28.5 Å². The number of ether oxygens (including phenoxy) is 4. The second kappa shape index (κ2) is 9.37. The average Bonchev–Trinajstić information content (AvgIpc) is 2.70. The van der Waals surface area contributed by atoms with Crippen LogP contribution in [-0.2, 0) is 32.0 Å². The molecule has 3 rings (SSSR count). The maximum Gasteiger partial charge on any atom is 0.338 e. The Morgan fingerprint density at radius 2 is 1.71 bits per heavy atom. The van der Waals surface area contributed by atoms with Crippen LogP contribution in [0.15, 0.2) is 48.5 Å². The quantitative estimate of drug-likeness (QED) is 0.650. The lowest BCUT2D eigenvalue weighted by Crippen LogP contribution is -2.39. The molecular formula is C22H24O6. The molecule has 0 bridgehead atoms. The molecule has 0 saturated heterocycles. The fraction of sp³-hybridized carbons (Fsp3) is 0.364. The molecule has 2 aromatic rings. The van der Waals surface area contributed by atoms with Crippen molar-refractivity contribution >= 4 is 11.9 Å². The molecule has 2 aromatic carbocycles. The summed E-state index contributed by atoms with van der Waals surface area (Å²) < 4.78 is 21.3. The number of carbonyl (C=O) groups is 2. The second-order valence-electron chi connectivity index (χ2n) is 6.69. The smallest absolute Gasteiger partial charge is 0.338 e. The summed E-state index contributed by atoms with van der Waals surface area (Å²) in [6.07, 6.45) is 1.80. The van der Waals surface area contributed by atoms with E-state index in [1.807, 2.05) is 30.3 Å². The molecule has 0 aliphatic heterocycles. The topological polar surface area (TPSA) is 71.1 Å². The van der Waals surface area contributed by atoms with E-state index in [2.05, 4.69) is 4.74 Å². The molecule has 0 atom stereocenters. The summed E-state index contributed by atoms with van der Waals surface area (Å²) in [4.78, 5) is 23.6. The van der Waals surface area contributed by atoms with E-state index in [4.69, 9.17) is 14.2 Å². The van der Waals surface area contributed by atoms with Crippen molar-refractivity contribution in [2.75, 3.05) is 14.2 Å². The number of esters is 2. The lowest BCUT2D eigenvalue weighted by atomic mass is 9.91. The first-order valence-electron chi connectivity index (χ1n) is 9.19. The van der Waals surface area contributed by atoms with E-state index in [1.54, 1.807) is 18.2 Å². The normalized spacial score (nSPS) is 18.1. The predicted molar refractivity (Wildman–Crippen MR) is 102 cm³/mol. The SMILES string of the molecule is COC(=O)Cc1ccc(OC2CC(OCc3ccccc3)C2)cc1C(=O)OC. The van der Waals surface area contributed by atoms with Crippen LogP contribution in [-0.4, -0.2) is 38.4 Å².